The summed E-state index contributed by atoms with van der Waals surface area (Å²) in [5, 5.41) is 6.99. The maximum absolute atomic E-state index is 13.6. The minimum Gasteiger partial charge on any atom is -0.466 e. The van der Waals surface area contributed by atoms with Crippen molar-refractivity contribution in [3.05, 3.63) is 83.8 Å². The number of aromatic nitrogens is 3. The van der Waals surface area contributed by atoms with Crippen LogP contribution in [0.15, 0.2) is 72.0 Å². The maximum atomic E-state index is 13.6. The van der Waals surface area contributed by atoms with Crippen molar-refractivity contribution in [2.75, 3.05) is 42.0 Å². The lowest BCUT2D eigenvalue weighted by atomic mass is 10.0. The molecule has 0 saturated carbocycles. The molecule has 282 valence electrons. The van der Waals surface area contributed by atoms with E-state index in [1.807, 2.05) is 6.26 Å². The Morgan fingerprint density at radius 1 is 1.02 bits per heavy atom. The molecule has 8 N–H and O–H groups in total. The number of nitrogens with two attached hydrogens (primary N) is 3. The number of aromatic amines is 1. The Labute approximate surface area is 311 Å². The number of pyridine rings is 1. The zero-order valence-corrected chi connectivity index (χ0v) is 30.6. The fraction of sp³-hybridized carbons (Fsp3) is 0.361. The van der Waals surface area contributed by atoms with Crippen molar-refractivity contribution in [2.45, 2.75) is 45.3 Å². The molecule has 3 unspecified atom stereocenters. The molecule has 3 atom stereocenters. The third-order valence-electron chi connectivity index (χ3n) is 7.98. The molecule has 1 amide bonds. The smallest absolute Gasteiger partial charge is 0.352 e. The van der Waals surface area contributed by atoms with Crippen LogP contribution in [0.2, 0.25) is 0 Å². The third-order valence-corrected chi connectivity index (χ3v) is 8.62. The van der Waals surface area contributed by atoms with E-state index in [1.165, 1.54) is 4.90 Å². The summed E-state index contributed by atoms with van der Waals surface area (Å²) in [6, 6.07) is 15.5. The number of ether oxygens (including phenoxy) is 2. The molecule has 0 fully saturated rings. The molecule has 0 aliphatic heterocycles. The SMILES string of the molecule is CCOC(=O)CCN(C(=O)c1ccc2nc(CNc3ccc(/C(N)=N/OC(=O)C(N)C(C)COC(=O)C(N)CCSC)cc3)[nH]c2c1)c1ccccn1. The number of anilines is 2. The van der Waals surface area contributed by atoms with Gasteiger partial charge in [-0.3, -0.25) is 19.3 Å². The van der Waals surface area contributed by atoms with Gasteiger partial charge in [0.15, 0.2) is 5.84 Å². The lowest BCUT2D eigenvalue weighted by molar-refractivity contribution is -0.151. The van der Waals surface area contributed by atoms with Gasteiger partial charge in [0.25, 0.3) is 5.91 Å². The van der Waals surface area contributed by atoms with Gasteiger partial charge in [-0.25, -0.2) is 14.8 Å². The number of hydrogen-bond donors (Lipinski definition) is 5. The normalized spacial score (nSPS) is 13.1. The lowest BCUT2D eigenvalue weighted by Crippen LogP contribution is -2.41. The largest absolute Gasteiger partial charge is 0.466 e. The van der Waals surface area contributed by atoms with E-state index < -0.39 is 35.9 Å². The van der Waals surface area contributed by atoms with E-state index in [9.17, 15) is 19.2 Å². The van der Waals surface area contributed by atoms with Gasteiger partial charge in [0.1, 0.15) is 23.7 Å². The molecule has 0 spiro atoms. The van der Waals surface area contributed by atoms with Crippen LogP contribution >= 0.6 is 11.8 Å². The molecule has 2 aromatic heterocycles. The number of esters is 2. The van der Waals surface area contributed by atoms with Crippen LogP contribution in [0.1, 0.15) is 48.4 Å². The van der Waals surface area contributed by atoms with Gasteiger partial charge < -0.3 is 41.8 Å². The van der Waals surface area contributed by atoms with Gasteiger partial charge in [0.05, 0.1) is 37.2 Å². The molecular weight excluding hydrogens is 703 g/mol. The highest BCUT2D eigenvalue weighted by Gasteiger charge is 2.26. The minimum atomic E-state index is -1.11. The Kier molecular flexibility index (Phi) is 15.1. The second kappa shape index (κ2) is 19.9. The van der Waals surface area contributed by atoms with Gasteiger partial charge in [-0.1, -0.05) is 18.1 Å². The Hall–Kier alpha value is -5.52. The van der Waals surface area contributed by atoms with Crippen LogP contribution in [0.3, 0.4) is 0 Å². The Bertz CT molecular complexity index is 1870. The monoisotopic (exact) mass is 747 g/mol. The summed E-state index contributed by atoms with van der Waals surface area (Å²) in [7, 11) is 0. The van der Waals surface area contributed by atoms with Crippen molar-refractivity contribution in [2.24, 2.45) is 28.3 Å². The molecule has 17 heteroatoms. The van der Waals surface area contributed by atoms with E-state index in [2.05, 4.69) is 25.4 Å². The summed E-state index contributed by atoms with van der Waals surface area (Å²) in [4.78, 5) is 68.7. The number of thioether (sulfide) groups is 1. The van der Waals surface area contributed by atoms with E-state index >= 15 is 0 Å². The molecule has 4 rings (SSSR count). The quantitative estimate of drug-likeness (QED) is 0.0305. The average molecular weight is 748 g/mol. The molecule has 0 aliphatic carbocycles. The lowest BCUT2D eigenvalue weighted by Gasteiger charge is -2.21. The van der Waals surface area contributed by atoms with E-state index in [0.717, 1.165) is 11.4 Å². The van der Waals surface area contributed by atoms with Crippen molar-refractivity contribution in [1.29, 1.82) is 0 Å². The van der Waals surface area contributed by atoms with Crippen LogP contribution in [0.4, 0.5) is 11.5 Å². The van der Waals surface area contributed by atoms with Gasteiger partial charge in [-0.05, 0) is 80.0 Å². The number of nitrogens with zero attached hydrogens (tertiary/aromatic N) is 4. The van der Waals surface area contributed by atoms with E-state index in [4.69, 9.17) is 31.5 Å². The second-order valence-electron chi connectivity index (χ2n) is 12.0. The summed E-state index contributed by atoms with van der Waals surface area (Å²) in [5.41, 5.74) is 20.8. The average Bonchev–Trinajstić information content (AvgIpc) is 3.59. The Balaban J connectivity index is 1.31. The van der Waals surface area contributed by atoms with Crippen molar-refractivity contribution in [3.63, 3.8) is 0 Å². The van der Waals surface area contributed by atoms with E-state index in [1.54, 1.807) is 92.5 Å². The number of hydrogen-bond acceptors (Lipinski definition) is 14. The fourth-order valence-corrected chi connectivity index (χ4v) is 5.37. The van der Waals surface area contributed by atoms with Crippen molar-refractivity contribution in [3.8, 4) is 0 Å². The molecule has 0 bridgehead atoms. The zero-order valence-electron chi connectivity index (χ0n) is 29.8. The van der Waals surface area contributed by atoms with Crippen LogP contribution in [0.25, 0.3) is 11.0 Å². The highest BCUT2D eigenvalue weighted by atomic mass is 32.2. The van der Waals surface area contributed by atoms with E-state index in [-0.39, 0.29) is 37.9 Å². The minimum absolute atomic E-state index is 0.0245. The van der Waals surface area contributed by atoms with Crippen molar-refractivity contribution >= 4 is 64.0 Å². The number of fused-ring (bicyclic) bond motifs is 1. The van der Waals surface area contributed by atoms with Crippen LogP contribution in [-0.4, -0.2) is 88.5 Å². The topological polar surface area (TPSA) is 243 Å². The van der Waals surface area contributed by atoms with Crippen molar-refractivity contribution in [1.82, 2.24) is 15.0 Å². The highest BCUT2D eigenvalue weighted by molar-refractivity contribution is 7.98. The first-order valence-electron chi connectivity index (χ1n) is 16.9. The second-order valence-corrected chi connectivity index (χ2v) is 12.9. The number of amides is 1. The maximum Gasteiger partial charge on any atom is 0.352 e. The van der Waals surface area contributed by atoms with Gasteiger partial charge in [-0.2, -0.15) is 11.8 Å². The predicted octanol–water partition coefficient (Wildman–Crippen LogP) is 2.92. The number of carbonyl (C=O) groups is 4. The molecule has 2 heterocycles. The first-order chi connectivity index (χ1) is 25.5. The van der Waals surface area contributed by atoms with Crippen molar-refractivity contribution < 1.29 is 33.5 Å². The number of nitrogens with one attached hydrogen (secondary N) is 2. The molecule has 0 aliphatic rings. The number of carbonyl (C=O) groups excluding carboxylic acids is 4. The Morgan fingerprint density at radius 2 is 1.77 bits per heavy atom. The molecule has 16 nitrogen and oxygen atoms in total. The number of amidine groups is 1. The molecule has 2 aromatic carbocycles. The number of rotatable bonds is 19. The van der Waals surface area contributed by atoms with Crippen LogP contribution in [0, 0.1) is 5.92 Å². The summed E-state index contributed by atoms with van der Waals surface area (Å²) < 4.78 is 10.2. The molecular formula is C36H45N9O7S. The summed E-state index contributed by atoms with van der Waals surface area (Å²) in [6.07, 6.45) is 4.01. The number of imidazole rings is 1. The molecule has 4 aromatic rings. The summed E-state index contributed by atoms with van der Waals surface area (Å²) in [6.45, 7) is 3.97. The van der Waals surface area contributed by atoms with Gasteiger partial charge in [0, 0.05) is 35.5 Å². The third kappa shape index (κ3) is 11.7. The molecule has 0 radical (unpaired) electrons. The highest BCUT2D eigenvalue weighted by Crippen LogP contribution is 2.20. The first kappa shape index (κ1) is 40.3. The van der Waals surface area contributed by atoms with Crippen LogP contribution < -0.4 is 27.4 Å². The first-order valence-corrected chi connectivity index (χ1v) is 18.3. The van der Waals surface area contributed by atoms with Gasteiger partial charge >= 0.3 is 17.9 Å². The summed E-state index contributed by atoms with van der Waals surface area (Å²) >= 11 is 1.58. The fourth-order valence-electron chi connectivity index (χ4n) is 4.88. The number of H-pyrrole nitrogens is 1. The zero-order chi connectivity index (χ0) is 38.3. The van der Waals surface area contributed by atoms with E-state index in [0.29, 0.717) is 46.8 Å². The number of benzene rings is 2. The molecule has 53 heavy (non-hydrogen) atoms. The molecule has 0 saturated heterocycles. The number of oxime groups is 1. The van der Waals surface area contributed by atoms with Gasteiger partial charge in [0.2, 0.25) is 0 Å². The van der Waals surface area contributed by atoms with Crippen LogP contribution in [-0.2, 0) is 35.2 Å². The van der Waals surface area contributed by atoms with Crippen LogP contribution in [0.5, 0.6) is 0 Å². The van der Waals surface area contributed by atoms with Gasteiger partial charge in [-0.15, -0.1) is 0 Å². The predicted molar refractivity (Wildman–Crippen MR) is 203 cm³/mol. The summed E-state index contributed by atoms with van der Waals surface area (Å²) in [5.74, 6) is -0.916. The Morgan fingerprint density at radius 3 is 2.47 bits per heavy atom. The standard InChI is InChI=1S/C36H45N9O7S/c1-4-50-31(46)14-17-45(30-7-5-6-16-40-30)34(47)24-10-13-27-28(19-24)43-29(42-27)20-41-25-11-8-23(9-12-25)33(39)44-52-36(49)32(38)22(2)21-51-35(48)26(37)15-18-53-3/h5-13,16,19,22,26,32,41H,4,14-15,17-18,20-21,37-38H2,1-3H3,(H2,39,44)(H,42,43).